The molecule has 0 saturated heterocycles. The number of anilines is 2. The number of aryl methyl sites for hydroxylation is 1. The molecule has 1 amide bonds. The first-order valence-corrected chi connectivity index (χ1v) is 11.7. The van der Waals surface area contributed by atoms with Crippen molar-refractivity contribution in [3.8, 4) is 11.5 Å². The summed E-state index contributed by atoms with van der Waals surface area (Å²) < 4.78 is 51.5. The van der Waals surface area contributed by atoms with Crippen LogP contribution >= 0.6 is 0 Å². The Morgan fingerprint density at radius 3 is 2.30 bits per heavy atom. The SMILES string of the molecule is COc1cccc(OC)c1C(=O)Nc1ccc2c(c1)CCCN2S(=O)(=O)c1ccc(F)cc1. The predicted octanol–water partition coefficient (Wildman–Crippen LogP) is 4.24. The average Bonchev–Trinajstić information content (AvgIpc) is 2.83. The van der Waals surface area contributed by atoms with Crippen LogP contribution in [0.2, 0.25) is 0 Å². The van der Waals surface area contributed by atoms with Gasteiger partial charge in [0.1, 0.15) is 22.9 Å². The van der Waals surface area contributed by atoms with E-state index in [1.54, 1.807) is 36.4 Å². The smallest absolute Gasteiger partial charge is 0.264 e. The Morgan fingerprint density at radius 2 is 1.67 bits per heavy atom. The van der Waals surface area contributed by atoms with Gasteiger partial charge in [0, 0.05) is 12.2 Å². The molecule has 0 aromatic heterocycles. The number of sulfonamides is 1. The Labute approximate surface area is 191 Å². The third kappa shape index (κ3) is 4.36. The minimum Gasteiger partial charge on any atom is -0.496 e. The number of nitrogens with zero attached hydrogens (tertiary/aromatic N) is 1. The second kappa shape index (κ2) is 9.11. The highest BCUT2D eigenvalue weighted by Gasteiger charge is 2.29. The lowest BCUT2D eigenvalue weighted by molar-refractivity contribution is 0.102. The fourth-order valence-corrected chi connectivity index (χ4v) is 5.43. The molecule has 7 nitrogen and oxygen atoms in total. The number of rotatable bonds is 6. The average molecular weight is 471 g/mol. The lowest BCUT2D eigenvalue weighted by Gasteiger charge is -2.31. The first kappa shape index (κ1) is 22.6. The predicted molar refractivity (Wildman–Crippen MR) is 123 cm³/mol. The molecular formula is C24H23FN2O5S. The summed E-state index contributed by atoms with van der Waals surface area (Å²) in [5.41, 5.74) is 2.11. The molecule has 0 unspecified atom stereocenters. The van der Waals surface area contributed by atoms with E-state index >= 15 is 0 Å². The second-order valence-electron chi connectivity index (χ2n) is 7.47. The molecule has 1 aliphatic rings. The van der Waals surface area contributed by atoms with Crippen LogP contribution in [0, 0.1) is 5.82 Å². The molecule has 9 heteroatoms. The van der Waals surface area contributed by atoms with Crippen LogP contribution in [0.1, 0.15) is 22.3 Å². The Hall–Kier alpha value is -3.59. The fourth-order valence-electron chi connectivity index (χ4n) is 3.89. The third-order valence-corrected chi connectivity index (χ3v) is 7.30. The van der Waals surface area contributed by atoms with Crippen molar-refractivity contribution in [1.82, 2.24) is 0 Å². The summed E-state index contributed by atoms with van der Waals surface area (Å²) in [6.07, 6.45) is 1.28. The Balaban J connectivity index is 1.63. The van der Waals surface area contributed by atoms with Gasteiger partial charge in [-0.15, -0.1) is 0 Å². The molecule has 1 heterocycles. The number of ether oxygens (including phenoxy) is 2. The highest BCUT2D eigenvalue weighted by molar-refractivity contribution is 7.92. The van der Waals surface area contributed by atoms with Gasteiger partial charge < -0.3 is 14.8 Å². The number of halogens is 1. The van der Waals surface area contributed by atoms with Gasteiger partial charge in [-0.2, -0.15) is 0 Å². The van der Waals surface area contributed by atoms with Crippen LogP contribution < -0.4 is 19.1 Å². The number of benzene rings is 3. The molecule has 33 heavy (non-hydrogen) atoms. The zero-order valence-electron chi connectivity index (χ0n) is 18.2. The molecule has 1 aliphatic heterocycles. The molecule has 0 saturated carbocycles. The van der Waals surface area contributed by atoms with E-state index < -0.39 is 21.7 Å². The van der Waals surface area contributed by atoms with E-state index in [4.69, 9.17) is 9.47 Å². The van der Waals surface area contributed by atoms with Crippen LogP contribution in [-0.4, -0.2) is 35.1 Å². The summed E-state index contributed by atoms with van der Waals surface area (Å²) in [6.45, 7) is 0.316. The largest absolute Gasteiger partial charge is 0.496 e. The lowest BCUT2D eigenvalue weighted by Crippen LogP contribution is -2.35. The van der Waals surface area contributed by atoms with Gasteiger partial charge >= 0.3 is 0 Å². The molecular weight excluding hydrogens is 447 g/mol. The van der Waals surface area contributed by atoms with Crippen molar-refractivity contribution in [2.45, 2.75) is 17.7 Å². The van der Waals surface area contributed by atoms with E-state index in [2.05, 4.69) is 5.32 Å². The minimum absolute atomic E-state index is 0.0254. The summed E-state index contributed by atoms with van der Waals surface area (Å²) >= 11 is 0. The van der Waals surface area contributed by atoms with E-state index in [-0.39, 0.29) is 10.5 Å². The van der Waals surface area contributed by atoms with Gasteiger partial charge in [-0.05, 0) is 73.0 Å². The third-order valence-electron chi connectivity index (χ3n) is 5.47. The highest BCUT2D eigenvalue weighted by atomic mass is 32.2. The first-order valence-electron chi connectivity index (χ1n) is 10.3. The number of carbonyl (C=O) groups is 1. The van der Waals surface area contributed by atoms with E-state index in [0.717, 1.165) is 17.7 Å². The zero-order valence-corrected chi connectivity index (χ0v) is 19.0. The summed E-state index contributed by atoms with van der Waals surface area (Å²) in [6, 6.07) is 14.9. The van der Waals surface area contributed by atoms with Crippen LogP contribution in [0.25, 0.3) is 0 Å². The van der Waals surface area contributed by atoms with Gasteiger partial charge in [0.05, 0.1) is 24.8 Å². The van der Waals surface area contributed by atoms with Crippen LogP contribution in [0.5, 0.6) is 11.5 Å². The van der Waals surface area contributed by atoms with Crippen LogP contribution in [0.3, 0.4) is 0 Å². The maximum atomic E-state index is 13.3. The number of methoxy groups -OCH3 is 2. The van der Waals surface area contributed by atoms with E-state index in [9.17, 15) is 17.6 Å². The fraction of sp³-hybridized carbons (Fsp3) is 0.208. The van der Waals surface area contributed by atoms with E-state index in [0.29, 0.717) is 42.3 Å². The van der Waals surface area contributed by atoms with Gasteiger partial charge in [0.25, 0.3) is 15.9 Å². The highest BCUT2D eigenvalue weighted by Crippen LogP contribution is 2.35. The van der Waals surface area contributed by atoms with Crippen molar-refractivity contribution in [2.75, 3.05) is 30.4 Å². The summed E-state index contributed by atoms with van der Waals surface area (Å²) in [5, 5.41) is 2.84. The molecule has 4 rings (SSSR count). The number of hydrogen-bond donors (Lipinski definition) is 1. The van der Waals surface area contributed by atoms with Gasteiger partial charge in [0.15, 0.2) is 0 Å². The van der Waals surface area contributed by atoms with Gasteiger partial charge in [0.2, 0.25) is 0 Å². The Morgan fingerprint density at radius 1 is 1.00 bits per heavy atom. The van der Waals surface area contributed by atoms with Crippen LogP contribution in [0.15, 0.2) is 65.6 Å². The topological polar surface area (TPSA) is 84.9 Å². The summed E-state index contributed by atoms with van der Waals surface area (Å²) in [4.78, 5) is 13.0. The maximum Gasteiger partial charge on any atom is 0.264 e. The second-order valence-corrected chi connectivity index (χ2v) is 9.33. The summed E-state index contributed by atoms with van der Waals surface area (Å²) in [5.74, 6) is -0.154. The Bertz CT molecular complexity index is 1270. The monoisotopic (exact) mass is 470 g/mol. The molecule has 172 valence electrons. The molecule has 0 bridgehead atoms. The number of hydrogen-bond acceptors (Lipinski definition) is 5. The lowest BCUT2D eigenvalue weighted by atomic mass is 10.0. The van der Waals surface area contributed by atoms with Gasteiger partial charge in [-0.25, -0.2) is 12.8 Å². The number of carbonyl (C=O) groups excluding carboxylic acids is 1. The minimum atomic E-state index is -3.84. The van der Waals surface area contributed by atoms with Crippen LogP contribution in [-0.2, 0) is 16.4 Å². The molecule has 0 aliphatic carbocycles. The van der Waals surface area contributed by atoms with Crippen molar-refractivity contribution in [3.63, 3.8) is 0 Å². The van der Waals surface area contributed by atoms with E-state index in [1.165, 1.54) is 30.7 Å². The number of amides is 1. The Kier molecular flexibility index (Phi) is 6.24. The molecule has 3 aromatic rings. The van der Waals surface area contributed by atoms with E-state index in [1.807, 2.05) is 0 Å². The molecule has 1 N–H and O–H groups in total. The molecule has 3 aromatic carbocycles. The maximum absolute atomic E-state index is 13.3. The quantitative estimate of drug-likeness (QED) is 0.583. The van der Waals surface area contributed by atoms with Gasteiger partial charge in [-0.1, -0.05) is 6.07 Å². The van der Waals surface area contributed by atoms with Crippen LogP contribution in [0.4, 0.5) is 15.8 Å². The molecule has 0 atom stereocenters. The zero-order chi connectivity index (χ0) is 23.6. The van der Waals surface area contributed by atoms with Gasteiger partial charge in [-0.3, -0.25) is 9.10 Å². The van der Waals surface area contributed by atoms with Crippen molar-refractivity contribution in [2.24, 2.45) is 0 Å². The van der Waals surface area contributed by atoms with Crippen molar-refractivity contribution in [3.05, 3.63) is 77.6 Å². The number of nitrogens with one attached hydrogen (secondary N) is 1. The van der Waals surface area contributed by atoms with Crippen molar-refractivity contribution < 1.29 is 27.1 Å². The number of fused-ring (bicyclic) bond motifs is 1. The van der Waals surface area contributed by atoms with Crippen molar-refractivity contribution in [1.29, 1.82) is 0 Å². The first-order chi connectivity index (χ1) is 15.8. The molecule has 0 radical (unpaired) electrons. The molecule has 0 fully saturated rings. The molecule has 0 spiro atoms. The van der Waals surface area contributed by atoms with Crippen molar-refractivity contribution >= 4 is 27.3 Å². The normalized spacial score (nSPS) is 13.2. The standard InChI is InChI=1S/C24H23FN2O5S/c1-31-21-6-3-7-22(32-2)23(21)24(28)26-18-10-13-20-16(15-18)5-4-14-27(20)33(29,30)19-11-8-17(25)9-12-19/h3,6-13,15H,4-5,14H2,1-2H3,(H,26,28). The summed E-state index contributed by atoms with van der Waals surface area (Å²) in [7, 11) is -0.897.